The molecule has 2 rings (SSSR count). The first-order chi connectivity index (χ1) is 7.47. The van der Waals surface area contributed by atoms with Gasteiger partial charge >= 0.3 is 0 Å². The Labute approximate surface area is 111 Å². The second-order valence-corrected chi connectivity index (χ2v) is 6.58. The summed E-state index contributed by atoms with van der Waals surface area (Å²) in [6.07, 6.45) is 10.6. The van der Waals surface area contributed by atoms with Crippen molar-refractivity contribution in [1.29, 1.82) is 0 Å². The minimum Gasteiger partial charge on any atom is -0.396 e. The topological polar surface area (TPSA) is 20.2 Å². The first-order valence-electron chi connectivity index (χ1n) is 5.52. The molecule has 90 valence electrons. The van der Waals surface area contributed by atoms with Crippen LogP contribution in [0.2, 0.25) is 0 Å². The third-order valence-electron chi connectivity index (χ3n) is 3.44. The molecule has 1 N–H and O–H groups in total. The van der Waals surface area contributed by atoms with Gasteiger partial charge in [-0.15, -0.1) is 34.8 Å². The molecule has 0 aliphatic heterocycles. The molecule has 0 saturated heterocycles. The van der Waals surface area contributed by atoms with Crippen LogP contribution in [-0.4, -0.2) is 26.3 Å². The van der Waals surface area contributed by atoms with E-state index >= 15 is 0 Å². The van der Waals surface area contributed by atoms with Gasteiger partial charge in [-0.25, -0.2) is 0 Å². The van der Waals surface area contributed by atoms with Crippen LogP contribution in [0, 0.1) is 0 Å². The van der Waals surface area contributed by atoms with Crippen LogP contribution in [0.1, 0.15) is 25.7 Å². The molecular weight excluding hydrogens is 266 g/mol. The standard InChI is InChI=1S/C12H15Cl3O/c13-10(5-3-9-16)4-1-2-6-12(10,15)11(14)7-8-11/h1-2,4,6,16H,3,5,7-9H2. The highest BCUT2D eigenvalue weighted by molar-refractivity contribution is 6.43. The van der Waals surface area contributed by atoms with Crippen molar-refractivity contribution in [3.05, 3.63) is 24.3 Å². The van der Waals surface area contributed by atoms with E-state index in [9.17, 15) is 0 Å². The molecule has 0 bridgehead atoms. The summed E-state index contributed by atoms with van der Waals surface area (Å²) in [6.45, 7) is 0.119. The van der Waals surface area contributed by atoms with Gasteiger partial charge in [-0.3, -0.25) is 0 Å². The minimum atomic E-state index is -0.743. The number of allylic oxidation sites excluding steroid dienone is 4. The predicted octanol–water partition coefficient (Wildman–Crippen LogP) is 3.61. The van der Waals surface area contributed by atoms with Gasteiger partial charge in [0, 0.05) is 6.61 Å². The lowest BCUT2D eigenvalue weighted by Crippen LogP contribution is -2.52. The number of aliphatic hydroxyl groups excluding tert-OH is 1. The number of hydrogen-bond acceptors (Lipinski definition) is 1. The quantitative estimate of drug-likeness (QED) is 0.781. The maximum atomic E-state index is 8.92. The normalized spacial score (nSPS) is 40.0. The van der Waals surface area contributed by atoms with Crippen molar-refractivity contribution in [2.75, 3.05) is 6.61 Å². The van der Waals surface area contributed by atoms with Gasteiger partial charge in [-0.1, -0.05) is 24.3 Å². The van der Waals surface area contributed by atoms with Gasteiger partial charge in [0.2, 0.25) is 0 Å². The summed E-state index contributed by atoms with van der Waals surface area (Å²) in [5.41, 5.74) is 0. The van der Waals surface area contributed by atoms with Gasteiger partial charge in [-0.2, -0.15) is 0 Å². The van der Waals surface area contributed by atoms with Gasteiger partial charge in [-0.05, 0) is 25.7 Å². The van der Waals surface area contributed by atoms with Crippen LogP contribution in [0.3, 0.4) is 0 Å². The van der Waals surface area contributed by atoms with Crippen molar-refractivity contribution < 1.29 is 5.11 Å². The van der Waals surface area contributed by atoms with Gasteiger partial charge in [0.05, 0.1) is 9.75 Å². The summed E-state index contributed by atoms with van der Waals surface area (Å²) >= 11 is 19.8. The Hall–Kier alpha value is 0.310. The molecule has 0 radical (unpaired) electrons. The molecule has 0 amide bonds. The molecule has 0 aromatic carbocycles. The number of rotatable bonds is 4. The molecule has 16 heavy (non-hydrogen) atoms. The number of alkyl halides is 3. The fraction of sp³-hybridized carbons (Fsp3) is 0.667. The zero-order valence-electron chi connectivity index (χ0n) is 8.93. The monoisotopic (exact) mass is 280 g/mol. The molecule has 0 heterocycles. The average Bonchev–Trinajstić information content (AvgIpc) is 3.00. The van der Waals surface area contributed by atoms with E-state index in [1.54, 1.807) is 0 Å². The molecule has 0 spiro atoms. The Bertz CT molecular complexity index is 335. The van der Waals surface area contributed by atoms with Crippen LogP contribution in [0.4, 0.5) is 0 Å². The lowest BCUT2D eigenvalue weighted by molar-refractivity contribution is 0.274. The van der Waals surface area contributed by atoms with Gasteiger partial charge in [0.25, 0.3) is 0 Å². The summed E-state index contributed by atoms with van der Waals surface area (Å²) in [7, 11) is 0. The minimum absolute atomic E-state index is 0.119. The van der Waals surface area contributed by atoms with E-state index in [0.717, 1.165) is 12.8 Å². The Kier molecular flexibility index (Phi) is 3.35. The SMILES string of the molecule is OCCCC1(Cl)C=CC=CC1(Cl)C1(Cl)CC1. The average molecular weight is 282 g/mol. The highest BCUT2D eigenvalue weighted by atomic mass is 35.5. The summed E-state index contributed by atoms with van der Waals surface area (Å²) in [5.74, 6) is 0. The van der Waals surface area contributed by atoms with Crippen LogP contribution in [0.25, 0.3) is 0 Å². The van der Waals surface area contributed by atoms with E-state index in [1.165, 1.54) is 0 Å². The fourth-order valence-corrected chi connectivity index (χ4v) is 3.50. The third-order valence-corrected chi connectivity index (χ3v) is 5.75. The highest BCUT2D eigenvalue weighted by Gasteiger charge is 2.64. The molecule has 2 unspecified atom stereocenters. The predicted molar refractivity (Wildman–Crippen MR) is 69.6 cm³/mol. The Balaban J connectivity index is 2.27. The summed E-state index contributed by atoms with van der Waals surface area (Å²) < 4.78 is 0. The highest BCUT2D eigenvalue weighted by Crippen LogP contribution is 2.62. The Morgan fingerprint density at radius 1 is 1.06 bits per heavy atom. The summed E-state index contributed by atoms with van der Waals surface area (Å²) in [5, 5.41) is 8.92. The Morgan fingerprint density at radius 3 is 2.25 bits per heavy atom. The molecule has 0 aromatic rings. The van der Waals surface area contributed by atoms with Crippen molar-refractivity contribution in [3.8, 4) is 0 Å². The smallest absolute Gasteiger partial charge is 0.105 e. The number of halogens is 3. The largest absolute Gasteiger partial charge is 0.396 e. The van der Waals surface area contributed by atoms with Crippen molar-refractivity contribution in [2.45, 2.75) is 40.3 Å². The summed E-state index contributed by atoms with van der Waals surface area (Å²) in [4.78, 5) is -1.86. The molecule has 0 aromatic heterocycles. The van der Waals surface area contributed by atoms with E-state index in [-0.39, 0.29) is 6.61 Å². The number of aliphatic hydroxyl groups is 1. The maximum Gasteiger partial charge on any atom is 0.105 e. The fourth-order valence-electron chi connectivity index (χ4n) is 2.25. The van der Waals surface area contributed by atoms with Crippen molar-refractivity contribution >= 4 is 34.8 Å². The Morgan fingerprint density at radius 2 is 1.69 bits per heavy atom. The zero-order chi connectivity index (χ0) is 11.9. The van der Waals surface area contributed by atoms with Crippen molar-refractivity contribution in [3.63, 3.8) is 0 Å². The molecule has 2 atom stereocenters. The van der Waals surface area contributed by atoms with Crippen LogP contribution >= 0.6 is 34.8 Å². The third kappa shape index (κ3) is 1.82. The van der Waals surface area contributed by atoms with E-state index in [0.29, 0.717) is 12.8 Å². The summed E-state index contributed by atoms with van der Waals surface area (Å²) in [6, 6.07) is 0. The second-order valence-electron chi connectivity index (χ2n) is 4.58. The lowest BCUT2D eigenvalue weighted by Gasteiger charge is -2.43. The van der Waals surface area contributed by atoms with Gasteiger partial charge in [0.1, 0.15) is 4.87 Å². The van der Waals surface area contributed by atoms with Crippen LogP contribution in [0.15, 0.2) is 24.3 Å². The van der Waals surface area contributed by atoms with E-state index in [2.05, 4.69) is 0 Å². The molecule has 1 nitrogen and oxygen atoms in total. The molecule has 1 saturated carbocycles. The van der Waals surface area contributed by atoms with E-state index in [1.807, 2.05) is 24.3 Å². The lowest BCUT2D eigenvalue weighted by atomic mass is 9.79. The first kappa shape index (κ1) is 12.8. The van der Waals surface area contributed by atoms with Crippen LogP contribution in [-0.2, 0) is 0 Å². The van der Waals surface area contributed by atoms with Gasteiger partial charge in [0.15, 0.2) is 0 Å². The molecule has 1 fully saturated rings. The maximum absolute atomic E-state index is 8.92. The molecule has 2 aliphatic rings. The van der Waals surface area contributed by atoms with Crippen molar-refractivity contribution in [2.24, 2.45) is 0 Å². The second kappa shape index (κ2) is 4.20. The molecular formula is C12H15Cl3O. The van der Waals surface area contributed by atoms with E-state index < -0.39 is 14.6 Å². The van der Waals surface area contributed by atoms with Crippen LogP contribution in [0.5, 0.6) is 0 Å². The molecule has 4 heteroatoms. The zero-order valence-corrected chi connectivity index (χ0v) is 11.2. The number of hydrogen-bond donors (Lipinski definition) is 1. The van der Waals surface area contributed by atoms with Gasteiger partial charge < -0.3 is 5.11 Å². The molecule has 2 aliphatic carbocycles. The van der Waals surface area contributed by atoms with E-state index in [4.69, 9.17) is 39.9 Å². The van der Waals surface area contributed by atoms with Crippen LogP contribution < -0.4 is 0 Å². The first-order valence-corrected chi connectivity index (χ1v) is 6.66. The van der Waals surface area contributed by atoms with Crippen molar-refractivity contribution in [1.82, 2.24) is 0 Å².